The largest absolute Gasteiger partial charge is 0.311 e. The average Bonchev–Trinajstić information content (AvgIpc) is 3.02. The number of hydrogen-bond donors (Lipinski definition) is 1. The molecule has 0 saturated heterocycles. The van der Waals surface area contributed by atoms with Crippen LogP contribution in [-0.2, 0) is 0 Å². The van der Waals surface area contributed by atoms with Crippen LogP contribution in [0.3, 0.4) is 0 Å². The Kier molecular flexibility index (Phi) is 3.63. The molecule has 80 valence electrons. The second-order valence-electron chi connectivity index (χ2n) is 4.88. The Labute approximate surface area is 88.0 Å². The number of allylic oxidation sites excluding steroid dienone is 1. The Morgan fingerprint density at radius 1 is 1.29 bits per heavy atom. The van der Waals surface area contributed by atoms with E-state index >= 15 is 0 Å². The normalized spacial score (nSPS) is 29.1. The zero-order valence-corrected chi connectivity index (χ0v) is 9.34. The highest BCUT2D eigenvalue weighted by molar-refractivity contribution is 4.96. The number of nitrogens with one attached hydrogen (secondary N) is 1. The Morgan fingerprint density at radius 3 is 2.71 bits per heavy atom. The molecule has 2 unspecified atom stereocenters. The molecule has 0 heterocycles. The van der Waals surface area contributed by atoms with E-state index in [-0.39, 0.29) is 0 Å². The Balaban J connectivity index is 1.77. The predicted molar refractivity (Wildman–Crippen MR) is 61.3 cm³/mol. The Bertz CT molecular complexity index is 193. The minimum Gasteiger partial charge on any atom is -0.311 e. The summed E-state index contributed by atoms with van der Waals surface area (Å²) in [5, 5.41) is 3.87. The molecule has 0 spiro atoms. The van der Waals surface area contributed by atoms with E-state index in [1.165, 1.54) is 44.9 Å². The summed E-state index contributed by atoms with van der Waals surface area (Å²) >= 11 is 0. The summed E-state index contributed by atoms with van der Waals surface area (Å²) in [7, 11) is 0. The van der Waals surface area contributed by atoms with E-state index in [1.54, 1.807) is 0 Å². The molecule has 0 aliphatic heterocycles. The van der Waals surface area contributed by atoms with Crippen LogP contribution < -0.4 is 5.32 Å². The van der Waals surface area contributed by atoms with Gasteiger partial charge in [-0.1, -0.05) is 25.5 Å². The second-order valence-corrected chi connectivity index (χ2v) is 4.88. The van der Waals surface area contributed by atoms with Gasteiger partial charge in [0.2, 0.25) is 0 Å². The maximum atomic E-state index is 3.87. The molecule has 0 amide bonds. The van der Waals surface area contributed by atoms with Gasteiger partial charge in [-0.15, -0.1) is 0 Å². The summed E-state index contributed by atoms with van der Waals surface area (Å²) in [5.41, 5.74) is 0. The van der Waals surface area contributed by atoms with Gasteiger partial charge in [0, 0.05) is 12.1 Å². The molecule has 1 N–H and O–H groups in total. The van der Waals surface area contributed by atoms with E-state index in [9.17, 15) is 0 Å². The van der Waals surface area contributed by atoms with Crippen LogP contribution in [0.1, 0.15) is 51.9 Å². The summed E-state index contributed by atoms with van der Waals surface area (Å²) in [5.74, 6) is 1.01. The first-order chi connectivity index (χ1) is 6.90. The zero-order valence-electron chi connectivity index (χ0n) is 9.34. The van der Waals surface area contributed by atoms with Crippen LogP contribution in [0.2, 0.25) is 0 Å². The molecule has 0 aromatic rings. The molecule has 2 atom stereocenters. The van der Waals surface area contributed by atoms with E-state index in [4.69, 9.17) is 0 Å². The van der Waals surface area contributed by atoms with Crippen LogP contribution in [0, 0.1) is 5.92 Å². The minimum atomic E-state index is 0.775. The van der Waals surface area contributed by atoms with Gasteiger partial charge < -0.3 is 5.32 Å². The quantitative estimate of drug-likeness (QED) is 0.661. The van der Waals surface area contributed by atoms with Crippen molar-refractivity contribution in [3.8, 4) is 0 Å². The van der Waals surface area contributed by atoms with E-state index in [0.717, 1.165) is 18.0 Å². The van der Waals surface area contributed by atoms with Crippen LogP contribution in [0.15, 0.2) is 12.2 Å². The molecular weight excluding hydrogens is 170 g/mol. The van der Waals surface area contributed by atoms with Crippen molar-refractivity contribution >= 4 is 0 Å². The second kappa shape index (κ2) is 4.97. The number of rotatable bonds is 5. The van der Waals surface area contributed by atoms with Gasteiger partial charge in [0.1, 0.15) is 0 Å². The fourth-order valence-corrected chi connectivity index (χ4v) is 2.51. The summed E-state index contributed by atoms with van der Waals surface area (Å²) in [4.78, 5) is 0. The third-order valence-electron chi connectivity index (χ3n) is 3.51. The smallest absolute Gasteiger partial charge is 0.0107 e. The number of hydrogen-bond acceptors (Lipinski definition) is 1. The van der Waals surface area contributed by atoms with Gasteiger partial charge in [-0.05, 0) is 44.4 Å². The fourth-order valence-electron chi connectivity index (χ4n) is 2.51. The van der Waals surface area contributed by atoms with Crippen molar-refractivity contribution in [2.24, 2.45) is 5.92 Å². The molecule has 0 aromatic heterocycles. The summed E-state index contributed by atoms with van der Waals surface area (Å²) in [6.07, 6.45) is 14.2. The van der Waals surface area contributed by atoms with Gasteiger partial charge >= 0.3 is 0 Å². The lowest BCUT2D eigenvalue weighted by Crippen LogP contribution is -2.40. The minimum absolute atomic E-state index is 0.775. The monoisotopic (exact) mass is 193 g/mol. The third kappa shape index (κ3) is 2.84. The molecule has 1 saturated carbocycles. The first-order valence-corrected chi connectivity index (χ1v) is 6.31. The molecule has 0 radical (unpaired) electrons. The van der Waals surface area contributed by atoms with Crippen molar-refractivity contribution in [2.75, 3.05) is 0 Å². The zero-order chi connectivity index (χ0) is 9.80. The van der Waals surface area contributed by atoms with Gasteiger partial charge in [0.15, 0.2) is 0 Å². The van der Waals surface area contributed by atoms with Crippen molar-refractivity contribution in [1.29, 1.82) is 0 Å². The van der Waals surface area contributed by atoms with Crippen molar-refractivity contribution in [2.45, 2.75) is 64.0 Å². The summed E-state index contributed by atoms with van der Waals surface area (Å²) in [6.45, 7) is 2.30. The van der Waals surface area contributed by atoms with Crippen LogP contribution in [0.5, 0.6) is 0 Å². The first kappa shape index (κ1) is 10.2. The van der Waals surface area contributed by atoms with E-state index in [2.05, 4.69) is 24.4 Å². The van der Waals surface area contributed by atoms with Crippen molar-refractivity contribution in [3.63, 3.8) is 0 Å². The van der Waals surface area contributed by atoms with Crippen molar-refractivity contribution in [3.05, 3.63) is 12.2 Å². The fraction of sp³-hybridized carbons (Fsp3) is 0.846. The van der Waals surface area contributed by atoms with Gasteiger partial charge in [0.25, 0.3) is 0 Å². The molecule has 1 fully saturated rings. The third-order valence-corrected chi connectivity index (χ3v) is 3.51. The van der Waals surface area contributed by atoms with Crippen molar-refractivity contribution < 1.29 is 0 Å². The maximum Gasteiger partial charge on any atom is 0.0107 e. The predicted octanol–water partition coefficient (Wildman–Crippen LogP) is 3.26. The standard InChI is InChI=1S/C13H23N/c1-2-6-13(11-9-10-11)14-12-7-4-3-5-8-12/h3-4,11-14H,2,5-10H2,1H3. The first-order valence-electron chi connectivity index (χ1n) is 6.31. The van der Waals surface area contributed by atoms with Crippen LogP contribution >= 0.6 is 0 Å². The lowest BCUT2D eigenvalue weighted by molar-refractivity contribution is 0.356. The molecular formula is C13H23N. The topological polar surface area (TPSA) is 12.0 Å². The maximum absolute atomic E-state index is 3.87. The van der Waals surface area contributed by atoms with Crippen LogP contribution in [-0.4, -0.2) is 12.1 Å². The molecule has 2 aliphatic rings. The molecule has 1 heteroatoms. The highest BCUT2D eigenvalue weighted by Crippen LogP contribution is 2.35. The van der Waals surface area contributed by atoms with Gasteiger partial charge in [-0.2, -0.15) is 0 Å². The van der Waals surface area contributed by atoms with Crippen LogP contribution in [0.4, 0.5) is 0 Å². The van der Waals surface area contributed by atoms with Gasteiger partial charge in [-0.25, -0.2) is 0 Å². The van der Waals surface area contributed by atoms with E-state index in [0.29, 0.717) is 0 Å². The average molecular weight is 193 g/mol. The molecule has 0 bridgehead atoms. The Hall–Kier alpha value is -0.300. The molecule has 2 aliphatic carbocycles. The van der Waals surface area contributed by atoms with E-state index in [1.807, 2.05) is 0 Å². The summed E-state index contributed by atoms with van der Waals surface area (Å²) < 4.78 is 0. The van der Waals surface area contributed by atoms with Gasteiger partial charge in [-0.3, -0.25) is 0 Å². The summed E-state index contributed by atoms with van der Waals surface area (Å²) in [6, 6.07) is 1.61. The van der Waals surface area contributed by atoms with Crippen LogP contribution in [0.25, 0.3) is 0 Å². The molecule has 0 aromatic carbocycles. The van der Waals surface area contributed by atoms with Gasteiger partial charge in [0.05, 0.1) is 0 Å². The molecule has 14 heavy (non-hydrogen) atoms. The molecule has 2 rings (SSSR count). The lowest BCUT2D eigenvalue weighted by atomic mass is 9.98. The van der Waals surface area contributed by atoms with E-state index < -0.39 is 0 Å². The molecule has 1 nitrogen and oxygen atoms in total. The SMILES string of the molecule is CCCC(NC1CC=CCC1)C1CC1. The lowest BCUT2D eigenvalue weighted by Gasteiger charge is -2.26. The highest BCUT2D eigenvalue weighted by Gasteiger charge is 2.31. The Morgan fingerprint density at radius 2 is 2.14 bits per heavy atom. The highest BCUT2D eigenvalue weighted by atomic mass is 15.0. The van der Waals surface area contributed by atoms with Crippen molar-refractivity contribution in [1.82, 2.24) is 5.32 Å².